The van der Waals surface area contributed by atoms with Gasteiger partial charge in [-0.2, -0.15) is 0 Å². The molecule has 1 aliphatic heterocycles. The van der Waals surface area contributed by atoms with Crippen LogP contribution in [0, 0.1) is 0 Å². The summed E-state index contributed by atoms with van der Waals surface area (Å²) in [6, 6.07) is 21.7. The summed E-state index contributed by atoms with van der Waals surface area (Å²) in [7, 11) is 0. The highest BCUT2D eigenvalue weighted by atomic mass is 16.5. The molecule has 0 amide bonds. The van der Waals surface area contributed by atoms with Gasteiger partial charge in [-0.1, -0.05) is 73.5 Å². The molecule has 2 aromatic carbocycles. The van der Waals surface area contributed by atoms with E-state index in [1.54, 1.807) is 0 Å². The highest BCUT2D eigenvalue weighted by Crippen LogP contribution is 2.31. The molecule has 3 heteroatoms. The Hall–Kier alpha value is -1.97. The second kappa shape index (κ2) is 8.81. The Morgan fingerprint density at radius 1 is 0.926 bits per heavy atom. The lowest BCUT2D eigenvalue weighted by Crippen LogP contribution is -2.46. The number of hydrogen-bond acceptors (Lipinski definition) is 3. The maximum atomic E-state index is 11.8. The Balaban J connectivity index is 1.48. The predicted molar refractivity (Wildman–Crippen MR) is 108 cm³/mol. The highest BCUT2D eigenvalue weighted by molar-refractivity contribution is 5.82. The number of carbonyl (C=O) groups is 1. The van der Waals surface area contributed by atoms with E-state index in [0.29, 0.717) is 31.4 Å². The van der Waals surface area contributed by atoms with Crippen molar-refractivity contribution in [2.24, 2.45) is 0 Å². The molecular weight excluding hydrogens is 334 g/mol. The van der Waals surface area contributed by atoms with Crippen molar-refractivity contribution in [3.63, 3.8) is 0 Å². The molecule has 3 nitrogen and oxygen atoms in total. The third-order valence-corrected chi connectivity index (χ3v) is 6.07. The molecule has 0 N–H and O–H groups in total. The van der Waals surface area contributed by atoms with Gasteiger partial charge in [0.05, 0.1) is 19.3 Å². The zero-order valence-corrected chi connectivity index (χ0v) is 15.9. The van der Waals surface area contributed by atoms with Crippen molar-refractivity contribution in [2.45, 2.75) is 50.2 Å². The van der Waals surface area contributed by atoms with Crippen molar-refractivity contribution < 1.29 is 9.53 Å². The molecule has 0 aromatic heterocycles. The molecule has 1 heterocycles. The number of nitrogens with zero attached hydrogens (tertiary/aromatic N) is 1. The summed E-state index contributed by atoms with van der Waals surface area (Å²) < 4.78 is 6.56. The van der Waals surface area contributed by atoms with E-state index < -0.39 is 0 Å². The molecule has 1 aliphatic carbocycles. The first-order valence-corrected chi connectivity index (χ1v) is 10.3. The number of likely N-dealkylation sites (tertiary alicyclic amines) is 1. The number of carbonyl (C=O) groups excluding carboxylic acids is 1. The van der Waals surface area contributed by atoms with Gasteiger partial charge in [-0.15, -0.1) is 0 Å². The van der Waals surface area contributed by atoms with E-state index in [9.17, 15) is 4.79 Å². The average Bonchev–Trinajstić information content (AvgIpc) is 3.16. The largest absolute Gasteiger partial charge is 0.376 e. The van der Waals surface area contributed by atoms with Crippen LogP contribution in [0.5, 0.6) is 0 Å². The molecule has 1 saturated carbocycles. The first kappa shape index (κ1) is 18.4. The number of ether oxygens (including phenoxy) is 1. The van der Waals surface area contributed by atoms with E-state index in [-0.39, 0.29) is 12.0 Å². The lowest BCUT2D eigenvalue weighted by atomic mass is 9.90. The van der Waals surface area contributed by atoms with Crippen LogP contribution in [-0.2, 0) is 9.53 Å². The van der Waals surface area contributed by atoms with Crippen LogP contribution in [-0.4, -0.2) is 42.5 Å². The van der Waals surface area contributed by atoms with Crippen molar-refractivity contribution in [3.05, 3.63) is 71.8 Å². The number of ketones is 1. The van der Waals surface area contributed by atoms with Crippen LogP contribution in [0.25, 0.3) is 0 Å². The molecule has 0 radical (unpaired) electrons. The molecule has 27 heavy (non-hydrogen) atoms. The second-order valence-electron chi connectivity index (χ2n) is 7.86. The molecular formula is C24H29NO2. The minimum absolute atomic E-state index is 0.236. The number of hydrogen-bond donors (Lipinski definition) is 0. The van der Waals surface area contributed by atoms with Gasteiger partial charge in [0.2, 0.25) is 0 Å². The SMILES string of the molecule is O=C1CCN(C2CCCC[C@@H]2OCC(c2ccccc2)c2ccccc2)C1. The van der Waals surface area contributed by atoms with E-state index in [4.69, 9.17) is 4.74 Å². The predicted octanol–water partition coefficient (Wildman–Crippen LogP) is 4.42. The van der Waals surface area contributed by atoms with E-state index in [1.807, 2.05) is 0 Å². The standard InChI is InChI=1S/C24H29NO2/c26-21-15-16-25(17-21)23-13-7-8-14-24(23)27-18-22(19-9-3-1-4-10-19)20-11-5-2-6-12-20/h1-6,9-12,22-24H,7-8,13-18H2/t23?,24-/m0/s1. The van der Waals surface area contributed by atoms with Crippen LogP contribution >= 0.6 is 0 Å². The lowest BCUT2D eigenvalue weighted by Gasteiger charge is -2.38. The molecule has 0 spiro atoms. The van der Waals surface area contributed by atoms with Crippen LogP contribution in [0.1, 0.15) is 49.1 Å². The molecule has 142 valence electrons. The van der Waals surface area contributed by atoms with Crippen molar-refractivity contribution in [2.75, 3.05) is 19.7 Å². The van der Waals surface area contributed by atoms with E-state index >= 15 is 0 Å². The first-order valence-electron chi connectivity index (χ1n) is 10.3. The molecule has 2 atom stereocenters. The van der Waals surface area contributed by atoms with Crippen molar-refractivity contribution in [3.8, 4) is 0 Å². The summed E-state index contributed by atoms with van der Waals surface area (Å²) in [6.07, 6.45) is 5.67. The molecule has 1 unspecified atom stereocenters. The first-order chi connectivity index (χ1) is 13.3. The number of rotatable bonds is 6. The zero-order valence-electron chi connectivity index (χ0n) is 15.9. The topological polar surface area (TPSA) is 29.5 Å². The maximum absolute atomic E-state index is 11.8. The monoisotopic (exact) mass is 363 g/mol. The lowest BCUT2D eigenvalue weighted by molar-refractivity contribution is -0.117. The normalized spacial score (nSPS) is 23.8. The van der Waals surface area contributed by atoms with Gasteiger partial charge in [-0.25, -0.2) is 0 Å². The smallest absolute Gasteiger partial charge is 0.148 e. The van der Waals surface area contributed by atoms with Gasteiger partial charge in [-0.3, -0.25) is 9.69 Å². The van der Waals surface area contributed by atoms with Crippen LogP contribution in [0.4, 0.5) is 0 Å². The second-order valence-corrected chi connectivity index (χ2v) is 7.86. The van der Waals surface area contributed by atoms with E-state index in [0.717, 1.165) is 19.4 Å². The Morgan fingerprint density at radius 3 is 2.15 bits per heavy atom. The third-order valence-electron chi connectivity index (χ3n) is 6.07. The van der Waals surface area contributed by atoms with Gasteiger partial charge in [0.15, 0.2) is 0 Å². The maximum Gasteiger partial charge on any atom is 0.148 e. The van der Waals surface area contributed by atoms with Crippen molar-refractivity contribution in [1.29, 1.82) is 0 Å². The third kappa shape index (κ3) is 4.48. The van der Waals surface area contributed by atoms with Crippen LogP contribution < -0.4 is 0 Å². The summed E-state index contributed by atoms with van der Waals surface area (Å²) >= 11 is 0. The number of Topliss-reactive ketones (excluding diaryl/α,β-unsaturated/α-hetero) is 1. The molecule has 4 rings (SSSR count). The summed E-state index contributed by atoms with van der Waals surface area (Å²) in [5.74, 6) is 0.626. The summed E-state index contributed by atoms with van der Waals surface area (Å²) in [5.41, 5.74) is 2.60. The fourth-order valence-corrected chi connectivity index (χ4v) is 4.60. The highest BCUT2D eigenvalue weighted by Gasteiger charge is 2.35. The Kier molecular flexibility index (Phi) is 6.00. The minimum atomic E-state index is 0.236. The summed E-state index contributed by atoms with van der Waals surface area (Å²) in [5, 5.41) is 0. The Morgan fingerprint density at radius 2 is 1.56 bits per heavy atom. The van der Waals surface area contributed by atoms with Gasteiger partial charge in [0.1, 0.15) is 5.78 Å². The van der Waals surface area contributed by atoms with E-state index in [2.05, 4.69) is 65.6 Å². The van der Waals surface area contributed by atoms with Crippen molar-refractivity contribution in [1.82, 2.24) is 4.90 Å². The van der Waals surface area contributed by atoms with Gasteiger partial charge in [0.25, 0.3) is 0 Å². The van der Waals surface area contributed by atoms with Gasteiger partial charge in [0, 0.05) is 24.9 Å². The molecule has 2 aromatic rings. The van der Waals surface area contributed by atoms with Crippen LogP contribution in [0.15, 0.2) is 60.7 Å². The Labute approximate surface area is 162 Å². The molecule has 1 saturated heterocycles. The van der Waals surface area contributed by atoms with Gasteiger partial charge in [-0.05, 0) is 24.0 Å². The van der Waals surface area contributed by atoms with E-state index in [1.165, 1.54) is 24.0 Å². The zero-order chi connectivity index (χ0) is 18.5. The van der Waals surface area contributed by atoms with Gasteiger partial charge < -0.3 is 4.74 Å². The van der Waals surface area contributed by atoms with Crippen LogP contribution in [0.3, 0.4) is 0 Å². The fraction of sp³-hybridized carbons (Fsp3) is 0.458. The van der Waals surface area contributed by atoms with Gasteiger partial charge >= 0.3 is 0 Å². The average molecular weight is 364 g/mol. The number of benzene rings is 2. The summed E-state index contributed by atoms with van der Waals surface area (Å²) in [4.78, 5) is 14.1. The fourth-order valence-electron chi connectivity index (χ4n) is 4.60. The Bertz CT molecular complexity index is 691. The molecule has 2 fully saturated rings. The molecule has 0 bridgehead atoms. The minimum Gasteiger partial charge on any atom is -0.376 e. The summed E-state index contributed by atoms with van der Waals surface area (Å²) in [6.45, 7) is 2.21. The van der Waals surface area contributed by atoms with Crippen LogP contribution in [0.2, 0.25) is 0 Å². The molecule has 2 aliphatic rings. The van der Waals surface area contributed by atoms with Crippen molar-refractivity contribution >= 4 is 5.78 Å². The quantitative estimate of drug-likeness (QED) is 0.761.